The maximum atomic E-state index is 13.7. The van der Waals surface area contributed by atoms with Gasteiger partial charge in [-0.15, -0.1) is 0 Å². The van der Waals surface area contributed by atoms with E-state index in [4.69, 9.17) is 43.4 Å². The largest absolute Gasteiger partial charge is 0.481 e. The van der Waals surface area contributed by atoms with Gasteiger partial charge in [0.1, 0.15) is 50.7 Å². The Morgan fingerprint density at radius 3 is 1.92 bits per heavy atom. The summed E-state index contributed by atoms with van der Waals surface area (Å²) in [6.45, 7) is 14.8. The van der Waals surface area contributed by atoms with Crippen molar-refractivity contribution in [3.63, 3.8) is 0 Å². The van der Waals surface area contributed by atoms with Crippen LogP contribution in [0, 0.1) is 5.82 Å². The number of aryl methyl sites for hydroxylation is 1. The molecule has 3 aliphatic rings. The van der Waals surface area contributed by atoms with Gasteiger partial charge in [0, 0.05) is 5.92 Å². The Morgan fingerprint density at radius 2 is 1.32 bits per heavy atom. The Morgan fingerprint density at radius 1 is 0.763 bits per heavy atom. The van der Waals surface area contributed by atoms with Crippen LogP contribution in [0.3, 0.4) is 0 Å². The van der Waals surface area contributed by atoms with Crippen molar-refractivity contribution in [2.45, 2.75) is 116 Å². The maximum Gasteiger partial charge on any atom is 0.408 e. The van der Waals surface area contributed by atoms with Gasteiger partial charge in [0.15, 0.2) is 0 Å². The van der Waals surface area contributed by atoms with Gasteiger partial charge >= 0.3 is 12.2 Å². The lowest BCUT2D eigenvalue weighted by atomic mass is 9.88. The Bertz CT molecular complexity index is 2220. The summed E-state index contributed by atoms with van der Waals surface area (Å²) in [6, 6.07) is 25.7. The fourth-order valence-electron chi connectivity index (χ4n) is 7.25. The number of benzene rings is 4. The van der Waals surface area contributed by atoms with Gasteiger partial charge < -0.3 is 40.2 Å². The van der Waals surface area contributed by atoms with Crippen LogP contribution in [0.15, 0.2) is 84.9 Å². The van der Waals surface area contributed by atoms with Crippen LogP contribution in [0.5, 0.6) is 11.5 Å². The molecular formula is C46H53FN4O6S2. The normalized spacial score (nSPS) is 19.0. The van der Waals surface area contributed by atoms with E-state index in [2.05, 4.69) is 45.5 Å². The summed E-state index contributed by atoms with van der Waals surface area (Å²) < 4.78 is 36.3. The number of hydrogen-bond donors (Lipinski definition) is 4. The minimum Gasteiger partial charge on any atom is -0.481 e. The number of anilines is 2. The molecule has 0 spiro atoms. The summed E-state index contributed by atoms with van der Waals surface area (Å²) in [5.74, 6) is 1.31. The number of carbonyl (C=O) groups is 2. The standard InChI is InChI=1S/C24H28N2O3S.C22H25FN2O3S/c1-14-22(30)25-19-13-16(10-12-20(19)28-14)21(26-23(27)29-24(2,3)4)18-11-9-15-7-5-6-8-17(15)18;1-13-20(29)24-18-12-15(8-9-19(18)27-13)17(25-21(26)28-22(2,3)4)11-14-6-5-7-16(23)10-14/h5-8,10,12-14,18,21H,9,11H2,1-4H3,(H,25,30)(H,26,27);5-10,12-13,17H,11H2,1-4H3,(H,24,29)(H,25,26). The molecule has 4 aromatic rings. The number of alkyl carbamates (subject to hydrolysis) is 2. The molecule has 4 aromatic carbocycles. The Balaban J connectivity index is 0.000000199. The highest BCUT2D eigenvalue weighted by atomic mass is 32.1. The summed E-state index contributed by atoms with van der Waals surface area (Å²) in [6.07, 6.45) is 1.06. The third-order valence-corrected chi connectivity index (χ3v) is 10.8. The molecule has 0 radical (unpaired) electrons. The number of amides is 2. The predicted octanol–water partition coefficient (Wildman–Crippen LogP) is 10.7. The van der Waals surface area contributed by atoms with E-state index in [0.29, 0.717) is 22.1 Å². The first-order valence-electron chi connectivity index (χ1n) is 19.9. The highest BCUT2D eigenvalue weighted by molar-refractivity contribution is 7.81. The van der Waals surface area contributed by atoms with Crippen molar-refractivity contribution in [1.82, 2.24) is 10.6 Å². The lowest BCUT2D eigenvalue weighted by Crippen LogP contribution is -2.37. The summed E-state index contributed by atoms with van der Waals surface area (Å²) in [5, 5.41) is 12.5. The van der Waals surface area contributed by atoms with Crippen molar-refractivity contribution in [2.24, 2.45) is 0 Å². The molecule has 59 heavy (non-hydrogen) atoms. The third kappa shape index (κ3) is 11.5. The molecule has 0 bridgehead atoms. The molecule has 10 nitrogen and oxygen atoms in total. The fourth-order valence-corrected chi connectivity index (χ4v) is 7.57. The molecule has 0 saturated heterocycles. The molecule has 0 fully saturated rings. The second-order valence-electron chi connectivity index (χ2n) is 17.0. The van der Waals surface area contributed by atoms with Crippen LogP contribution in [0.2, 0.25) is 0 Å². The lowest BCUT2D eigenvalue weighted by Gasteiger charge is -2.30. The molecule has 1 aliphatic carbocycles. The zero-order chi connectivity index (χ0) is 42.6. The van der Waals surface area contributed by atoms with Gasteiger partial charge in [-0.25, -0.2) is 14.0 Å². The van der Waals surface area contributed by atoms with Gasteiger partial charge in [-0.2, -0.15) is 0 Å². The van der Waals surface area contributed by atoms with Crippen LogP contribution in [0.25, 0.3) is 0 Å². The first kappa shape index (κ1) is 43.3. The molecule has 312 valence electrons. The first-order chi connectivity index (χ1) is 27.8. The van der Waals surface area contributed by atoms with Crippen molar-refractivity contribution in [1.29, 1.82) is 0 Å². The van der Waals surface area contributed by atoms with Crippen molar-refractivity contribution in [3.8, 4) is 11.5 Å². The SMILES string of the molecule is CC1Oc2ccc(C(Cc3cccc(F)c3)NC(=O)OC(C)(C)C)cc2NC1=S.CC1Oc2ccc(C(NC(=O)OC(C)(C)C)C3CCc4ccccc43)cc2NC1=S. The van der Waals surface area contributed by atoms with E-state index in [9.17, 15) is 14.0 Å². The van der Waals surface area contributed by atoms with Gasteiger partial charge in [-0.1, -0.05) is 73.0 Å². The van der Waals surface area contributed by atoms with Gasteiger partial charge in [-0.3, -0.25) is 0 Å². The molecular weight excluding hydrogens is 788 g/mol. The Kier molecular flexibility index (Phi) is 13.2. The van der Waals surface area contributed by atoms with Crippen LogP contribution >= 0.6 is 24.4 Å². The molecule has 2 amide bonds. The average Bonchev–Trinajstić information content (AvgIpc) is 3.57. The maximum absolute atomic E-state index is 13.7. The van der Waals surface area contributed by atoms with Crippen LogP contribution in [-0.4, -0.2) is 45.6 Å². The third-order valence-electron chi connectivity index (χ3n) is 9.90. The van der Waals surface area contributed by atoms with Crippen molar-refractivity contribution in [3.05, 3.63) is 119 Å². The molecule has 5 unspecified atom stereocenters. The molecule has 2 heterocycles. The zero-order valence-corrected chi connectivity index (χ0v) is 36.4. The first-order valence-corrected chi connectivity index (χ1v) is 20.7. The monoisotopic (exact) mass is 840 g/mol. The van der Waals surface area contributed by atoms with Gasteiger partial charge in [0.2, 0.25) is 0 Å². The molecule has 2 aliphatic heterocycles. The number of carbonyl (C=O) groups excluding carboxylic acids is 2. The van der Waals surface area contributed by atoms with E-state index in [0.717, 1.165) is 46.7 Å². The van der Waals surface area contributed by atoms with Gasteiger partial charge in [0.25, 0.3) is 0 Å². The molecule has 7 rings (SSSR count). The van der Waals surface area contributed by atoms with E-state index in [1.54, 1.807) is 26.8 Å². The van der Waals surface area contributed by atoms with E-state index in [1.165, 1.54) is 23.3 Å². The predicted molar refractivity (Wildman–Crippen MR) is 237 cm³/mol. The number of halogens is 1. The fraction of sp³-hybridized carbons (Fsp3) is 0.391. The average molecular weight is 841 g/mol. The number of fused-ring (bicyclic) bond motifs is 3. The highest BCUT2D eigenvalue weighted by Gasteiger charge is 2.34. The topological polar surface area (TPSA) is 119 Å². The molecule has 0 aromatic heterocycles. The highest BCUT2D eigenvalue weighted by Crippen LogP contribution is 2.44. The van der Waals surface area contributed by atoms with Gasteiger partial charge in [0.05, 0.1) is 23.5 Å². The molecule has 5 atom stereocenters. The van der Waals surface area contributed by atoms with E-state index >= 15 is 0 Å². The molecule has 13 heteroatoms. The smallest absolute Gasteiger partial charge is 0.408 e. The number of nitrogens with one attached hydrogen (secondary N) is 4. The van der Waals surface area contributed by atoms with Crippen LogP contribution in [0.4, 0.5) is 25.4 Å². The Hall–Kier alpha value is -5.27. The van der Waals surface area contributed by atoms with Crippen LogP contribution < -0.4 is 30.7 Å². The number of hydrogen-bond acceptors (Lipinski definition) is 8. The van der Waals surface area contributed by atoms with Crippen molar-refractivity contribution >= 4 is 58.0 Å². The summed E-state index contributed by atoms with van der Waals surface area (Å²) in [4.78, 5) is 26.4. The van der Waals surface area contributed by atoms with E-state index in [1.807, 2.05) is 77.1 Å². The van der Waals surface area contributed by atoms with Gasteiger partial charge in [-0.05, 0) is 139 Å². The van der Waals surface area contributed by atoms with E-state index < -0.39 is 29.4 Å². The summed E-state index contributed by atoms with van der Waals surface area (Å²) in [5.41, 5.74) is 5.59. The second-order valence-corrected chi connectivity index (χ2v) is 17.9. The number of rotatable bonds is 7. The summed E-state index contributed by atoms with van der Waals surface area (Å²) in [7, 11) is 0. The lowest BCUT2D eigenvalue weighted by molar-refractivity contribution is 0.0487. The second kappa shape index (κ2) is 17.9. The quantitative estimate of drug-likeness (QED) is 0.134. The van der Waals surface area contributed by atoms with Crippen molar-refractivity contribution < 1.29 is 32.9 Å². The minimum atomic E-state index is -0.624. The number of thiocarbonyl (C=S) groups is 2. The number of ether oxygens (including phenoxy) is 4. The molecule has 4 N–H and O–H groups in total. The van der Waals surface area contributed by atoms with Crippen molar-refractivity contribution in [2.75, 3.05) is 10.6 Å². The Labute approximate surface area is 356 Å². The molecule has 0 saturated carbocycles. The zero-order valence-electron chi connectivity index (χ0n) is 34.7. The van der Waals surface area contributed by atoms with E-state index in [-0.39, 0.29) is 30.0 Å². The van der Waals surface area contributed by atoms with Crippen LogP contribution in [0.1, 0.15) is 108 Å². The minimum absolute atomic E-state index is 0.157. The summed E-state index contributed by atoms with van der Waals surface area (Å²) >= 11 is 10.7. The van der Waals surface area contributed by atoms with Crippen LogP contribution in [-0.2, 0) is 22.3 Å².